The van der Waals surface area contributed by atoms with Crippen molar-refractivity contribution in [2.45, 2.75) is 45.2 Å². The standard InChI is InChI=1S/C16H25N3O/c1-3-4-10-18-16(20)12(2)19-11-9-14(17)13-7-5-6-8-15(13)19/h5-8,12,14H,3-4,9-11,17H2,1-2H3,(H,18,20). The first kappa shape index (κ1) is 14.9. The SMILES string of the molecule is CCCCNC(=O)C(C)N1CCC(N)c2ccccc21. The molecule has 1 amide bonds. The molecule has 2 unspecified atom stereocenters. The molecule has 1 aromatic carbocycles. The van der Waals surface area contributed by atoms with E-state index in [1.165, 1.54) is 0 Å². The molecular formula is C16H25N3O. The number of anilines is 1. The van der Waals surface area contributed by atoms with Gasteiger partial charge in [0.2, 0.25) is 5.91 Å². The van der Waals surface area contributed by atoms with Crippen LogP contribution >= 0.6 is 0 Å². The van der Waals surface area contributed by atoms with Crippen molar-refractivity contribution < 1.29 is 4.79 Å². The Labute approximate surface area is 121 Å². The Hall–Kier alpha value is -1.55. The van der Waals surface area contributed by atoms with Gasteiger partial charge in [-0.3, -0.25) is 4.79 Å². The molecule has 2 rings (SSSR count). The van der Waals surface area contributed by atoms with E-state index in [2.05, 4.69) is 29.3 Å². The van der Waals surface area contributed by atoms with E-state index in [0.29, 0.717) is 0 Å². The Morgan fingerprint density at radius 3 is 3.00 bits per heavy atom. The minimum atomic E-state index is -0.152. The van der Waals surface area contributed by atoms with Crippen LogP contribution in [0, 0.1) is 0 Å². The van der Waals surface area contributed by atoms with E-state index >= 15 is 0 Å². The van der Waals surface area contributed by atoms with E-state index in [1.807, 2.05) is 19.1 Å². The van der Waals surface area contributed by atoms with Crippen LogP contribution in [0.4, 0.5) is 5.69 Å². The Kier molecular flexibility index (Phi) is 5.01. The first-order chi connectivity index (χ1) is 9.65. The van der Waals surface area contributed by atoms with Crippen LogP contribution in [0.5, 0.6) is 0 Å². The number of nitrogens with two attached hydrogens (primary N) is 1. The highest BCUT2D eigenvalue weighted by Gasteiger charge is 2.28. The number of rotatable bonds is 5. The fourth-order valence-electron chi connectivity index (χ4n) is 2.70. The van der Waals surface area contributed by atoms with Crippen LogP contribution in [0.1, 0.15) is 44.7 Å². The van der Waals surface area contributed by atoms with Gasteiger partial charge in [0.15, 0.2) is 0 Å². The number of unbranched alkanes of at least 4 members (excludes halogenated alkanes) is 1. The summed E-state index contributed by atoms with van der Waals surface area (Å²) in [4.78, 5) is 14.4. The third-order valence-electron chi connectivity index (χ3n) is 4.00. The summed E-state index contributed by atoms with van der Waals surface area (Å²) in [7, 11) is 0. The van der Waals surface area contributed by atoms with Crippen LogP contribution in [0.25, 0.3) is 0 Å². The number of fused-ring (bicyclic) bond motifs is 1. The summed E-state index contributed by atoms with van der Waals surface area (Å²) in [5.41, 5.74) is 8.40. The second-order valence-electron chi connectivity index (χ2n) is 5.47. The number of amides is 1. The van der Waals surface area contributed by atoms with Gasteiger partial charge < -0.3 is 16.0 Å². The number of para-hydroxylation sites is 1. The third-order valence-corrected chi connectivity index (χ3v) is 4.00. The predicted octanol–water partition coefficient (Wildman–Crippen LogP) is 2.20. The monoisotopic (exact) mass is 275 g/mol. The molecule has 4 nitrogen and oxygen atoms in total. The molecule has 0 fully saturated rings. The van der Waals surface area contributed by atoms with Crippen molar-refractivity contribution in [3.05, 3.63) is 29.8 Å². The fraction of sp³-hybridized carbons (Fsp3) is 0.562. The smallest absolute Gasteiger partial charge is 0.242 e. The van der Waals surface area contributed by atoms with E-state index in [0.717, 1.165) is 43.6 Å². The van der Waals surface area contributed by atoms with Crippen molar-refractivity contribution in [1.82, 2.24) is 5.32 Å². The molecule has 20 heavy (non-hydrogen) atoms. The molecule has 1 aliphatic rings. The summed E-state index contributed by atoms with van der Waals surface area (Å²) >= 11 is 0. The van der Waals surface area contributed by atoms with Crippen LogP contribution in [0.15, 0.2) is 24.3 Å². The maximum absolute atomic E-state index is 12.2. The van der Waals surface area contributed by atoms with Gasteiger partial charge in [0.1, 0.15) is 6.04 Å². The van der Waals surface area contributed by atoms with Crippen molar-refractivity contribution >= 4 is 11.6 Å². The number of hydrogen-bond donors (Lipinski definition) is 2. The molecule has 0 saturated heterocycles. The lowest BCUT2D eigenvalue weighted by Crippen LogP contribution is -2.48. The summed E-state index contributed by atoms with van der Waals surface area (Å²) in [5, 5.41) is 3.01. The van der Waals surface area contributed by atoms with Gasteiger partial charge in [0.25, 0.3) is 0 Å². The summed E-state index contributed by atoms with van der Waals surface area (Å²) in [5.74, 6) is 0.101. The number of hydrogen-bond acceptors (Lipinski definition) is 3. The predicted molar refractivity (Wildman–Crippen MR) is 82.7 cm³/mol. The van der Waals surface area contributed by atoms with Crippen LogP contribution in [0.2, 0.25) is 0 Å². The average Bonchev–Trinajstić information content (AvgIpc) is 2.47. The molecule has 1 aromatic rings. The first-order valence-electron chi connectivity index (χ1n) is 7.54. The molecule has 2 atom stereocenters. The molecule has 4 heteroatoms. The molecule has 1 heterocycles. The Balaban J connectivity index is 2.09. The van der Waals surface area contributed by atoms with Gasteiger partial charge in [-0.1, -0.05) is 31.5 Å². The highest BCUT2D eigenvalue weighted by Crippen LogP contribution is 2.33. The van der Waals surface area contributed by atoms with Gasteiger partial charge in [0.05, 0.1) is 0 Å². The molecule has 0 spiro atoms. The van der Waals surface area contributed by atoms with Crippen LogP contribution in [-0.4, -0.2) is 25.0 Å². The summed E-state index contributed by atoms with van der Waals surface area (Å²) in [6, 6.07) is 8.07. The fourth-order valence-corrected chi connectivity index (χ4v) is 2.70. The summed E-state index contributed by atoms with van der Waals surface area (Å²) in [6.07, 6.45) is 3.01. The van der Waals surface area contributed by atoms with Gasteiger partial charge in [-0.2, -0.15) is 0 Å². The maximum Gasteiger partial charge on any atom is 0.242 e. The summed E-state index contributed by atoms with van der Waals surface area (Å²) < 4.78 is 0. The zero-order valence-corrected chi connectivity index (χ0v) is 12.4. The molecule has 0 bridgehead atoms. The van der Waals surface area contributed by atoms with Gasteiger partial charge >= 0.3 is 0 Å². The molecule has 0 saturated carbocycles. The first-order valence-corrected chi connectivity index (χ1v) is 7.54. The lowest BCUT2D eigenvalue weighted by molar-refractivity contribution is -0.122. The second-order valence-corrected chi connectivity index (χ2v) is 5.47. The highest BCUT2D eigenvalue weighted by atomic mass is 16.2. The number of nitrogens with one attached hydrogen (secondary N) is 1. The zero-order valence-electron chi connectivity index (χ0n) is 12.4. The van der Waals surface area contributed by atoms with Crippen molar-refractivity contribution in [2.75, 3.05) is 18.0 Å². The minimum absolute atomic E-state index is 0.0813. The van der Waals surface area contributed by atoms with E-state index in [-0.39, 0.29) is 18.0 Å². The van der Waals surface area contributed by atoms with Gasteiger partial charge in [0, 0.05) is 24.8 Å². The normalized spacial score (nSPS) is 19.4. The topological polar surface area (TPSA) is 58.4 Å². The van der Waals surface area contributed by atoms with Crippen molar-refractivity contribution in [3.8, 4) is 0 Å². The minimum Gasteiger partial charge on any atom is -0.359 e. The Morgan fingerprint density at radius 2 is 2.25 bits per heavy atom. The van der Waals surface area contributed by atoms with E-state index in [1.54, 1.807) is 0 Å². The highest BCUT2D eigenvalue weighted by molar-refractivity contribution is 5.85. The van der Waals surface area contributed by atoms with Gasteiger partial charge in [-0.15, -0.1) is 0 Å². The number of carbonyl (C=O) groups is 1. The van der Waals surface area contributed by atoms with E-state index in [9.17, 15) is 4.79 Å². The van der Waals surface area contributed by atoms with E-state index in [4.69, 9.17) is 5.73 Å². The van der Waals surface area contributed by atoms with E-state index < -0.39 is 0 Å². The van der Waals surface area contributed by atoms with Crippen molar-refractivity contribution in [2.24, 2.45) is 5.73 Å². The molecule has 1 aliphatic heterocycles. The second kappa shape index (κ2) is 6.75. The molecule has 0 aromatic heterocycles. The molecule has 110 valence electrons. The summed E-state index contributed by atoms with van der Waals surface area (Å²) in [6.45, 7) is 5.68. The number of benzene rings is 1. The number of nitrogens with zero attached hydrogens (tertiary/aromatic N) is 1. The van der Waals surface area contributed by atoms with Crippen molar-refractivity contribution in [3.63, 3.8) is 0 Å². The molecular weight excluding hydrogens is 250 g/mol. The third kappa shape index (κ3) is 3.12. The van der Waals surface area contributed by atoms with Crippen LogP contribution in [0.3, 0.4) is 0 Å². The Bertz CT molecular complexity index is 461. The largest absolute Gasteiger partial charge is 0.359 e. The quantitative estimate of drug-likeness (QED) is 0.810. The lowest BCUT2D eigenvalue weighted by Gasteiger charge is -2.37. The zero-order chi connectivity index (χ0) is 14.5. The maximum atomic E-state index is 12.2. The van der Waals surface area contributed by atoms with Crippen molar-refractivity contribution in [1.29, 1.82) is 0 Å². The molecule has 3 N–H and O–H groups in total. The average molecular weight is 275 g/mol. The van der Waals surface area contributed by atoms with Gasteiger partial charge in [-0.05, 0) is 31.4 Å². The van der Waals surface area contributed by atoms with Crippen LogP contribution in [-0.2, 0) is 4.79 Å². The Morgan fingerprint density at radius 1 is 1.50 bits per heavy atom. The van der Waals surface area contributed by atoms with Gasteiger partial charge in [-0.25, -0.2) is 0 Å². The number of carbonyl (C=O) groups excluding carboxylic acids is 1. The van der Waals surface area contributed by atoms with Crippen LogP contribution < -0.4 is 16.0 Å². The lowest BCUT2D eigenvalue weighted by atomic mass is 9.96. The molecule has 0 radical (unpaired) electrons. The molecule has 0 aliphatic carbocycles.